The van der Waals surface area contributed by atoms with E-state index in [9.17, 15) is 4.79 Å². The maximum atomic E-state index is 9.94. The summed E-state index contributed by atoms with van der Waals surface area (Å²) in [5.74, 6) is 1.16. The Morgan fingerprint density at radius 1 is 0.714 bits per heavy atom. The van der Waals surface area contributed by atoms with Crippen molar-refractivity contribution in [2.45, 2.75) is 197 Å². The van der Waals surface area contributed by atoms with Crippen LogP contribution in [-0.2, 0) is 18.8 Å². The molecule has 5 heteroatoms. The number of carbonyl (C=O) groups excluding carboxylic acids is 1. The van der Waals surface area contributed by atoms with Gasteiger partial charge in [0.1, 0.15) is 12.4 Å². The van der Waals surface area contributed by atoms with Crippen LogP contribution >= 0.6 is 8.81 Å². The largest absolute Gasteiger partial charge is 0.493 e. The molecular formula is C37H81O4P. The predicted molar refractivity (Wildman–Crippen MR) is 194 cm³/mol. The zero-order chi connectivity index (χ0) is 33.0. The van der Waals surface area contributed by atoms with Gasteiger partial charge < -0.3 is 18.8 Å². The summed E-state index contributed by atoms with van der Waals surface area (Å²) < 4.78 is 17.0. The number of methoxy groups -OCH3 is 1. The number of hydrogen-bond acceptors (Lipinski definition) is 4. The SMILES string of the molecule is CC.CC.CCC.CCC=C(CCCCCCCCC)OC(CCPOCC)COC.CCCCCCCCCC=O. The highest BCUT2D eigenvalue weighted by molar-refractivity contribution is 7.32. The Morgan fingerprint density at radius 3 is 1.62 bits per heavy atom. The van der Waals surface area contributed by atoms with Crippen molar-refractivity contribution in [1.82, 2.24) is 0 Å². The third-order valence-electron chi connectivity index (χ3n) is 5.87. The van der Waals surface area contributed by atoms with Crippen LogP contribution in [0.15, 0.2) is 11.8 Å². The van der Waals surface area contributed by atoms with Crippen LogP contribution in [0.4, 0.5) is 0 Å². The van der Waals surface area contributed by atoms with E-state index in [1.54, 1.807) is 7.11 Å². The third-order valence-corrected chi connectivity index (χ3v) is 6.86. The molecule has 0 bridgehead atoms. The predicted octanol–water partition coefficient (Wildman–Crippen LogP) is 13.3. The van der Waals surface area contributed by atoms with Crippen molar-refractivity contribution in [2.24, 2.45) is 0 Å². The van der Waals surface area contributed by atoms with Gasteiger partial charge in [-0.2, -0.15) is 0 Å². The fraction of sp³-hybridized carbons (Fsp3) is 0.919. The van der Waals surface area contributed by atoms with Gasteiger partial charge in [0.15, 0.2) is 0 Å². The van der Waals surface area contributed by atoms with Crippen molar-refractivity contribution in [2.75, 3.05) is 26.5 Å². The monoisotopic (exact) mass is 621 g/mol. The molecule has 0 aromatic carbocycles. The molecule has 0 amide bonds. The summed E-state index contributed by atoms with van der Waals surface area (Å²) in [6.07, 6.45) is 28.0. The fourth-order valence-electron chi connectivity index (χ4n) is 3.85. The number of rotatable bonds is 26. The summed E-state index contributed by atoms with van der Waals surface area (Å²) in [6, 6.07) is 0. The molecule has 258 valence electrons. The fourth-order valence-corrected chi connectivity index (χ4v) is 4.64. The first kappa shape index (κ1) is 51.2. The van der Waals surface area contributed by atoms with Gasteiger partial charge in [-0.05, 0) is 44.8 Å². The van der Waals surface area contributed by atoms with Crippen molar-refractivity contribution < 1.29 is 18.8 Å². The number of carbonyl (C=O) groups is 1. The number of ether oxygens (including phenoxy) is 2. The highest BCUT2D eigenvalue weighted by atomic mass is 31.1. The Hall–Kier alpha value is -0.440. The van der Waals surface area contributed by atoms with E-state index in [2.05, 4.69) is 40.7 Å². The second-order valence-corrected chi connectivity index (χ2v) is 11.1. The summed E-state index contributed by atoms with van der Waals surface area (Å²) in [5, 5.41) is 0. The van der Waals surface area contributed by atoms with Crippen molar-refractivity contribution >= 4 is 15.1 Å². The lowest BCUT2D eigenvalue weighted by Gasteiger charge is -2.21. The van der Waals surface area contributed by atoms with Gasteiger partial charge in [-0.3, -0.25) is 0 Å². The molecule has 0 spiro atoms. The first-order valence-corrected chi connectivity index (χ1v) is 19.4. The van der Waals surface area contributed by atoms with Crippen LogP contribution in [0.5, 0.6) is 0 Å². The van der Waals surface area contributed by atoms with Crippen LogP contribution < -0.4 is 0 Å². The molecule has 0 aliphatic carbocycles. The van der Waals surface area contributed by atoms with Crippen LogP contribution in [0.1, 0.15) is 191 Å². The minimum atomic E-state index is 0.158. The summed E-state index contributed by atoms with van der Waals surface area (Å²) in [6.45, 7) is 22.4. The molecular weight excluding hydrogens is 539 g/mol. The Bertz CT molecular complexity index is 443. The molecule has 0 heterocycles. The zero-order valence-electron chi connectivity index (χ0n) is 30.9. The van der Waals surface area contributed by atoms with E-state index in [0.29, 0.717) is 15.4 Å². The average molecular weight is 621 g/mol. The van der Waals surface area contributed by atoms with Gasteiger partial charge in [-0.25, -0.2) is 0 Å². The van der Waals surface area contributed by atoms with Gasteiger partial charge in [0.05, 0.1) is 12.4 Å². The van der Waals surface area contributed by atoms with Crippen molar-refractivity contribution in [3.05, 3.63) is 11.8 Å². The Morgan fingerprint density at radius 2 is 1.19 bits per heavy atom. The molecule has 2 atom stereocenters. The van der Waals surface area contributed by atoms with E-state index in [1.165, 1.54) is 89.9 Å². The van der Waals surface area contributed by atoms with E-state index in [4.69, 9.17) is 14.0 Å². The smallest absolute Gasteiger partial charge is 0.122 e. The molecule has 42 heavy (non-hydrogen) atoms. The van der Waals surface area contributed by atoms with Crippen molar-refractivity contribution in [3.8, 4) is 0 Å². The molecule has 0 saturated heterocycles. The van der Waals surface area contributed by atoms with Crippen LogP contribution in [0.3, 0.4) is 0 Å². The summed E-state index contributed by atoms with van der Waals surface area (Å²) in [4.78, 5) is 9.94. The molecule has 0 saturated carbocycles. The maximum absolute atomic E-state index is 9.94. The molecule has 0 radical (unpaired) electrons. The van der Waals surface area contributed by atoms with E-state index >= 15 is 0 Å². The number of hydrogen-bond donors (Lipinski definition) is 0. The van der Waals surface area contributed by atoms with Gasteiger partial charge in [0, 0.05) is 35.4 Å². The topological polar surface area (TPSA) is 44.8 Å². The quantitative estimate of drug-likeness (QED) is 0.0418. The maximum Gasteiger partial charge on any atom is 0.122 e. The lowest BCUT2D eigenvalue weighted by Crippen LogP contribution is -2.20. The van der Waals surface area contributed by atoms with Gasteiger partial charge in [-0.15, -0.1) is 0 Å². The van der Waals surface area contributed by atoms with E-state index in [1.807, 2.05) is 34.6 Å². The Balaban J connectivity index is -0.000000210. The highest BCUT2D eigenvalue weighted by Crippen LogP contribution is 2.20. The van der Waals surface area contributed by atoms with Crippen LogP contribution in [0.2, 0.25) is 0 Å². The molecule has 0 aliphatic rings. The van der Waals surface area contributed by atoms with E-state index in [0.717, 1.165) is 56.9 Å². The van der Waals surface area contributed by atoms with Crippen molar-refractivity contribution in [3.63, 3.8) is 0 Å². The number of unbranched alkanes of at least 4 members (excludes halogenated alkanes) is 13. The molecule has 0 rings (SSSR count). The standard InChI is InChI=1S/C20H41O3P.C10H20O.C3H8.2C2H6/c1-5-8-9-10-11-12-13-15-19(14-6-2)23-20(18-21-4)16-17-24-22-7-3;1-2-3-4-5-6-7-8-9-10-11;1-3-2;2*1-2/h14,20,24H,5-13,15-18H2,1-4H3;10H,2-9H2,1H3;3H2,1-2H3;2*1-2H3. The van der Waals surface area contributed by atoms with Crippen molar-refractivity contribution in [1.29, 1.82) is 0 Å². The lowest BCUT2D eigenvalue weighted by atomic mass is 10.1. The molecule has 0 aliphatic heterocycles. The third kappa shape index (κ3) is 55.5. The van der Waals surface area contributed by atoms with Gasteiger partial charge in [0.25, 0.3) is 0 Å². The zero-order valence-corrected chi connectivity index (χ0v) is 31.9. The van der Waals surface area contributed by atoms with Gasteiger partial charge in [-0.1, -0.05) is 146 Å². The summed E-state index contributed by atoms with van der Waals surface area (Å²) >= 11 is 0. The molecule has 0 fully saturated rings. The van der Waals surface area contributed by atoms with Crippen LogP contribution in [0, 0.1) is 0 Å². The van der Waals surface area contributed by atoms with Gasteiger partial charge in [0.2, 0.25) is 0 Å². The minimum Gasteiger partial charge on any atom is -0.493 e. The highest BCUT2D eigenvalue weighted by Gasteiger charge is 2.12. The second kappa shape index (κ2) is 56.4. The second-order valence-electron chi connectivity index (χ2n) is 10.0. The van der Waals surface area contributed by atoms with E-state index in [-0.39, 0.29) is 6.10 Å². The van der Waals surface area contributed by atoms with Crippen LogP contribution in [0.25, 0.3) is 0 Å². The average Bonchev–Trinajstić information content (AvgIpc) is 3.01. The first-order valence-electron chi connectivity index (χ1n) is 18.2. The number of aldehydes is 1. The molecule has 2 unspecified atom stereocenters. The Labute approximate surface area is 269 Å². The molecule has 4 nitrogen and oxygen atoms in total. The molecule has 0 aromatic rings. The number of allylic oxidation sites excluding steroid dienone is 2. The van der Waals surface area contributed by atoms with Crippen LogP contribution in [-0.4, -0.2) is 38.9 Å². The lowest BCUT2D eigenvalue weighted by molar-refractivity contribution is -0.107. The summed E-state index contributed by atoms with van der Waals surface area (Å²) in [7, 11) is 2.32. The van der Waals surface area contributed by atoms with Gasteiger partial charge >= 0.3 is 0 Å². The Kier molecular flexibility index (Phi) is 68.6. The molecule has 0 aromatic heterocycles. The normalized spacial score (nSPS) is 11.2. The first-order chi connectivity index (χ1) is 20.6. The van der Waals surface area contributed by atoms with E-state index < -0.39 is 0 Å². The summed E-state index contributed by atoms with van der Waals surface area (Å²) in [5.41, 5.74) is 0. The molecule has 0 N–H and O–H groups in total. The minimum absolute atomic E-state index is 0.158.